The Labute approximate surface area is 116 Å². The molecule has 4 nitrogen and oxygen atoms in total. The number of benzene rings is 1. The molecule has 1 N–H and O–H groups in total. The summed E-state index contributed by atoms with van der Waals surface area (Å²) in [5.41, 5.74) is 1.50. The Morgan fingerprint density at radius 1 is 1.42 bits per heavy atom. The Bertz CT molecular complexity index is 515. The highest BCUT2D eigenvalue weighted by Crippen LogP contribution is 2.24. The molecule has 102 valence electrons. The van der Waals surface area contributed by atoms with Gasteiger partial charge in [-0.15, -0.1) is 11.8 Å². The van der Waals surface area contributed by atoms with Gasteiger partial charge in [-0.05, 0) is 43.7 Å². The highest BCUT2D eigenvalue weighted by Gasteiger charge is 2.34. The second kappa shape index (κ2) is 5.65. The van der Waals surface area contributed by atoms with Crippen LogP contribution in [-0.4, -0.2) is 40.7 Å². The van der Waals surface area contributed by atoms with E-state index in [9.17, 15) is 9.59 Å². The predicted molar refractivity (Wildman–Crippen MR) is 74.7 cm³/mol. The number of hydrogen-bond acceptors (Lipinski definition) is 3. The topological polar surface area (TPSA) is 57.6 Å². The number of carbonyl (C=O) groups excluding carboxylic acids is 1. The number of carbonyl (C=O) groups is 2. The van der Waals surface area contributed by atoms with E-state index in [0.717, 1.165) is 16.9 Å². The number of carboxylic acids is 1. The summed E-state index contributed by atoms with van der Waals surface area (Å²) in [5, 5.41) is 9.15. The van der Waals surface area contributed by atoms with Crippen molar-refractivity contribution in [3.8, 4) is 0 Å². The van der Waals surface area contributed by atoms with E-state index in [1.807, 2.05) is 31.4 Å². The number of aliphatic carboxylic acids is 1. The van der Waals surface area contributed by atoms with E-state index in [1.165, 1.54) is 4.90 Å². The Hall–Kier alpha value is -1.49. The van der Waals surface area contributed by atoms with Gasteiger partial charge in [0, 0.05) is 17.0 Å². The fourth-order valence-corrected chi connectivity index (χ4v) is 2.82. The molecule has 19 heavy (non-hydrogen) atoms. The normalized spacial score (nSPS) is 18.6. The first kappa shape index (κ1) is 13.9. The third-order valence-electron chi connectivity index (χ3n) is 3.47. The van der Waals surface area contributed by atoms with Crippen LogP contribution in [0.2, 0.25) is 0 Å². The molecule has 1 heterocycles. The number of nitrogens with zero attached hydrogens (tertiary/aromatic N) is 1. The van der Waals surface area contributed by atoms with E-state index in [1.54, 1.807) is 11.8 Å². The number of carboxylic acid groups (broad SMARTS) is 1. The number of likely N-dealkylation sites (tertiary alicyclic amines) is 1. The molecule has 1 saturated heterocycles. The van der Waals surface area contributed by atoms with E-state index in [2.05, 4.69) is 0 Å². The van der Waals surface area contributed by atoms with Crippen molar-refractivity contribution in [2.24, 2.45) is 0 Å². The van der Waals surface area contributed by atoms with Crippen molar-refractivity contribution in [2.75, 3.05) is 12.8 Å². The summed E-state index contributed by atoms with van der Waals surface area (Å²) in [5.74, 6) is -1.08. The number of amides is 1. The van der Waals surface area contributed by atoms with Crippen molar-refractivity contribution >= 4 is 23.6 Å². The SMILES string of the molecule is CSc1ccc(C)c(C(=O)N2CCC[C@H]2C(=O)O)c1. The van der Waals surface area contributed by atoms with Crippen LogP contribution >= 0.6 is 11.8 Å². The summed E-state index contributed by atoms with van der Waals surface area (Å²) in [6.07, 6.45) is 3.25. The maximum Gasteiger partial charge on any atom is 0.326 e. The lowest BCUT2D eigenvalue weighted by atomic mass is 10.1. The van der Waals surface area contributed by atoms with Crippen molar-refractivity contribution in [2.45, 2.75) is 30.7 Å². The van der Waals surface area contributed by atoms with Gasteiger partial charge in [0.2, 0.25) is 0 Å². The van der Waals surface area contributed by atoms with Gasteiger partial charge in [-0.1, -0.05) is 6.07 Å². The average molecular weight is 279 g/mol. The number of aryl methyl sites for hydroxylation is 1. The fourth-order valence-electron chi connectivity index (χ4n) is 2.38. The van der Waals surface area contributed by atoms with Crippen molar-refractivity contribution < 1.29 is 14.7 Å². The van der Waals surface area contributed by atoms with E-state index in [0.29, 0.717) is 18.5 Å². The summed E-state index contributed by atoms with van der Waals surface area (Å²) >= 11 is 1.57. The first-order valence-corrected chi connectivity index (χ1v) is 7.45. The van der Waals surface area contributed by atoms with Gasteiger partial charge in [-0.25, -0.2) is 4.79 Å². The molecule has 0 saturated carbocycles. The molecule has 1 aromatic rings. The molecule has 0 bridgehead atoms. The molecule has 1 amide bonds. The molecule has 0 radical (unpaired) electrons. The first-order chi connectivity index (χ1) is 9.04. The van der Waals surface area contributed by atoms with Gasteiger partial charge in [0.1, 0.15) is 6.04 Å². The van der Waals surface area contributed by atoms with Gasteiger partial charge in [0.05, 0.1) is 0 Å². The van der Waals surface area contributed by atoms with Gasteiger partial charge >= 0.3 is 5.97 Å². The maximum atomic E-state index is 12.5. The van der Waals surface area contributed by atoms with Gasteiger partial charge in [0.15, 0.2) is 0 Å². The van der Waals surface area contributed by atoms with Crippen LogP contribution in [0, 0.1) is 6.92 Å². The summed E-state index contributed by atoms with van der Waals surface area (Å²) in [6, 6.07) is 5.05. The van der Waals surface area contributed by atoms with Crippen molar-refractivity contribution in [1.29, 1.82) is 0 Å². The van der Waals surface area contributed by atoms with Gasteiger partial charge in [-0.3, -0.25) is 4.79 Å². The fraction of sp³-hybridized carbons (Fsp3) is 0.429. The van der Waals surface area contributed by atoms with Gasteiger partial charge < -0.3 is 10.0 Å². The standard InChI is InChI=1S/C14H17NO3S/c1-9-5-6-10(19-2)8-11(9)13(16)15-7-3-4-12(15)14(17)18/h5-6,8,12H,3-4,7H2,1-2H3,(H,17,18)/t12-/m0/s1. The molecule has 1 atom stereocenters. The van der Waals surface area contributed by atoms with Crippen LogP contribution in [-0.2, 0) is 4.79 Å². The second-order valence-corrected chi connectivity index (χ2v) is 5.56. The van der Waals surface area contributed by atoms with Crippen LogP contribution in [0.3, 0.4) is 0 Å². The Morgan fingerprint density at radius 3 is 2.79 bits per heavy atom. The van der Waals surface area contributed by atoms with Crippen molar-refractivity contribution in [3.63, 3.8) is 0 Å². The quantitative estimate of drug-likeness (QED) is 0.863. The molecule has 1 aromatic carbocycles. The van der Waals surface area contributed by atoms with Gasteiger partial charge in [0.25, 0.3) is 5.91 Å². The molecule has 5 heteroatoms. The minimum absolute atomic E-state index is 0.168. The van der Waals surface area contributed by atoms with Crippen molar-refractivity contribution in [1.82, 2.24) is 4.90 Å². The van der Waals surface area contributed by atoms with Crippen LogP contribution < -0.4 is 0 Å². The lowest BCUT2D eigenvalue weighted by molar-refractivity contribution is -0.141. The van der Waals surface area contributed by atoms with E-state index >= 15 is 0 Å². The summed E-state index contributed by atoms with van der Waals surface area (Å²) in [4.78, 5) is 26.2. The molecular formula is C14H17NO3S. The highest BCUT2D eigenvalue weighted by molar-refractivity contribution is 7.98. The molecule has 1 fully saturated rings. The van der Waals surface area contributed by atoms with Crippen LogP contribution in [0.4, 0.5) is 0 Å². The van der Waals surface area contributed by atoms with Crippen LogP contribution in [0.15, 0.2) is 23.1 Å². The number of thioether (sulfide) groups is 1. The predicted octanol–water partition coefficient (Wildman–Crippen LogP) is 2.41. The van der Waals surface area contributed by atoms with Crippen LogP contribution in [0.1, 0.15) is 28.8 Å². The molecule has 0 aliphatic carbocycles. The molecule has 0 spiro atoms. The minimum atomic E-state index is -0.912. The maximum absolute atomic E-state index is 12.5. The summed E-state index contributed by atoms with van der Waals surface area (Å²) in [6.45, 7) is 2.40. The molecule has 0 unspecified atom stereocenters. The van der Waals surface area contributed by atoms with E-state index < -0.39 is 12.0 Å². The van der Waals surface area contributed by atoms with Crippen LogP contribution in [0.25, 0.3) is 0 Å². The molecular weight excluding hydrogens is 262 g/mol. The van der Waals surface area contributed by atoms with E-state index in [4.69, 9.17) is 5.11 Å². The summed E-state index contributed by atoms with van der Waals surface area (Å²) in [7, 11) is 0. The van der Waals surface area contributed by atoms with Gasteiger partial charge in [-0.2, -0.15) is 0 Å². The Balaban J connectivity index is 2.31. The lowest BCUT2D eigenvalue weighted by Gasteiger charge is -2.22. The zero-order chi connectivity index (χ0) is 14.0. The molecule has 0 aromatic heterocycles. The first-order valence-electron chi connectivity index (χ1n) is 6.23. The third kappa shape index (κ3) is 2.76. The van der Waals surface area contributed by atoms with Crippen LogP contribution in [0.5, 0.6) is 0 Å². The largest absolute Gasteiger partial charge is 0.480 e. The summed E-state index contributed by atoms with van der Waals surface area (Å²) < 4.78 is 0. The smallest absolute Gasteiger partial charge is 0.326 e. The highest BCUT2D eigenvalue weighted by atomic mass is 32.2. The average Bonchev–Trinajstić information content (AvgIpc) is 2.88. The number of rotatable bonds is 3. The monoisotopic (exact) mass is 279 g/mol. The Morgan fingerprint density at radius 2 is 2.16 bits per heavy atom. The lowest BCUT2D eigenvalue weighted by Crippen LogP contribution is -2.40. The zero-order valence-electron chi connectivity index (χ0n) is 11.0. The second-order valence-electron chi connectivity index (χ2n) is 4.68. The third-order valence-corrected chi connectivity index (χ3v) is 4.20. The minimum Gasteiger partial charge on any atom is -0.480 e. The van der Waals surface area contributed by atoms with E-state index in [-0.39, 0.29) is 5.91 Å². The zero-order valence-corrected chi connectivity index (χ0v) is 11.9. The molecule has 2 rings (SSSR count). The molecule has 1 aliphatic heterocycles. The van der Waals surface area contributed by atoms with Crippen molar-refractivity contribution in [3.05, 3.63) is 29.3 Å². The Kier molecular flexibility index (Phi) is 4.14. The number of hydrogen-bond donors (Lipinski definition) is 1. The molecule has 1 aliphatic rings.